The van der Waals surface area contributed by atoms with Gasteiger partial charge >= 0.3 is 0 Å². The molecule has 8 heteroatoms. The lowest BCUT2D eigenvalue weighted by Gasteiger charge is -2.16. The smallest absolute Gasteiger partial charge is 0.248 e. The largest absolute Gasteiger partial charge is 0.370 e. The van der Waals surface area contributed by atoms with E-state index in [1.54, 1.807) is 7.05 Å². The molecule has 0 aromatic carbocycles. The molecule has 0 rings (SSSR count). The first-order valence-corrected chi connectivity index (χ1v) is 7.74. The lowest BCUT2D eigenvalue weighted by Crippen LogP contribution is -2.39. The van der Waals surface area contributed by atoms with Gasteiger partial charge in [-0.05, 0) is 11.8 Å². The Balaban J connectivity index is 5.07. The van der Waals surface area contributed by atoms with E-state index in [0.29, 0.717) is 18.7 Å². The molecule has 0 bridgehead atoms. The van der Waals surface area contributed by atoms with Crippen LogP contribution in [-0.4, -0.2) is 44.0 Å². The highest BCUT2D eigenvalue weighted by Gasteiger charge is 2.20. The molecule has 0 radical (unpaired) electrons. The average Bonchev–Trinajstić information content (AvgIpc) is 2.49. The van der Waals surface area contributed by atoms with Crippen molar-refractivity contribution >= 4 is 17.8 Å². The zero-order valence-electron chi connectivity index (χ0n) is 14.6. The molecule has 0 spiro atoms. The summed E-state index contributed by atoms with van der Waals surface area (Å²) in [4.78, 5) is 28.0. The SMILES string of the molecule is CNC(=O)[C@@H](N=C(N)N/C=C(/C(=O)NCCN)C(C)C)C(C)C. The van der Waals surface area contributed by atoms with Gasteiger partial charge in [-0.25, -0.2) is 4.99 Å². The minimum Gasteiger partial charge on any atom is -0.370 e. The van der Waals surface area contributed by atoms with Crippen LogP contribution in [0.25, 0.3) is 0 Å². The van der Waals surface area contributed by atoms with Crippen LogP contribution in [0.4, 0.5) is 0 Å². The average molecular weight is 326 g/mol. The molecule has 0 heterocycles. The zero-order valence-corrected chi connectivity index (χ0v) is 14.6. The van der Waals surface area contributed by atoms with E-state index in [4.69, 9.17) is 11.5 Å². The van der Waals surface area contributed by atoms with Gasteiger partial charge in [0, 0.05) is 31.9 Å². The fraction of sp³-hybridized carbons (Fsp3) is 0.667. The van der Waals surface area contributed by atoms with Crippen LogP contribution in [0, 0.1) is 11.8 Å². The van der Waals surface area contributed by atoms with E-state index in [9.17, 15) is 9.59 Å². The molecule has 23 heavy (non-hydrogen) atoms. The topological polar surface area (TPSA) is 135 Å². The summed E-state index contributed by atoms with van der Waals surface area (Å²) in [5.41, 5.74) is 11.7. The predicted octanol–water partition coefficient (Wildman–Crippen LogP) is -0.724. The van der Waals surface area contributed by atoms with Crippen molar-refractivity contribution in [2.24, 2.45) is 28.3 Å². The Kier molecular flexibility index (Phi) is 9.64. The summed E-state index contributed by atoms with van der Waals surface area (Å²) in [6.07, 6.45) is 1.51. The van der Waals surface area contributed by atoms with Crippen molar-refractivity contribution in [2.75, 3.05) is 20.1 Å². The first-order chi connectivity index (χ1) is 10.7. The van der Waals surface area contributed by atoms with Gasteiger partial charge in [0.1, 0.15) is 6.04 Å². The van der Waals surface area contributed by atoms with Crippen LogP contribution >= 0.6 is 0 Å². The highest BCUT2D eigenvalue weighted by atomic mass is 16.2. The second kappa shape index (κ2) is 10.6. The number of nitrogens with one attached hydrogen (secondary N) is 3. The second-order valence-electron chi connectivity index (χ2n) is 5.76. The Morgan fingerprint density at radius 2 is 1.83 bits per heavy atom. The third kappa shape index (κ3) is 7.64. The third-order valence-corrected chi connectivity index (χ3v) is 3.11. The number of rotatable bonds is 8. The minimum absolute atomic E-state index is 0.00305. The molecule has 8 nitrogen and oxygen atoms in total. The molecular weight excluding hydrogens is 296 g/mol. The lowest BCUT2D eigenvalue weighted by atomic mass is 10.0. The molecule has 0 aromatic heterocycles. The molecule has 0 aliphatic carbocycles. The van der Waals surface area contributed by atoms with Crippen LogP contribution in [0.1, 0.15) is 27.7 Å². The third-order valence-electron chi connectivity index (χ3n) is 3.11. The molecular formula is C15H30N6O2. The summed E-state index contributed by atoms with van der Waals surface area (Å²) in [5, 5.41) is 8.04. The Hall–Kier alpha value is -2.09. The van der Waals surface area contributed by atoms with Crippen LogP contribution in [0.15, 0.2) is 16.8 Å². The number of likely N-dealkylation sites (N-methyl/N-ethyl adjacent to an activating group) is 1. The van der Waals surface area contributed by atoms with E-state index in [1.165, 1.54) is 6.20 Å². The standard InChI is InChI=1S/C15H30N6O2/c1-9(2)11(13(22)19-7-6-16)8-20-15(17)21-12(10(3)4)14(23)18-5/h8-10,12H,6-7,16H2,1-5H3,(H,18,23)(H,19,22)(H3,17,20,21)/b11-8+/t12-/m0/s1. The zero-order chi connectivity index (χ0) is 18.0. The van der Waals surface area contributed by atoms with Gasteiger partial charge in [0.2, 0.25) is 11.8 Å². The number of hydrogen-bond acceptors (Lipinski definition) is 4. The summed E-state index contributed by atoms with van der Waals surface area (Å²) in [6, 6.07) is -0.588. The van der Waals surface area contributed by atoms with E-state index >= 15 is 0 Å². The highest BCUT2D eigenvalue weighted by Crippen LogP contribution is 2.09. The molecule has 0 aliphatic heterocycles. The van der Waals surface area contributed by atoms with Crippen molar-refractivity contribution in [3.05, 3.63) is 11.8 Å². The molecule has 0 aromatic rings. The van der Waals surface area contributed by atoms with Gasteiger partial charge in [-0.15, -0.1) is 0 Å². The van der Waals surface area contributed by atoms with Gasteiger partial charge in [-0.2, -0.15) is 0 Å². The van der Waals surface area contributed by atoms with Crippen LogP contribution < -0.4 is 27.4 Å². The summed E-state index contributed by atoms with van der Waals surface area (Å²) < 4.78 is 0. The molecule has 7 N–H and O–H groups in total. The molecule has 0 saturated carbocycles. The summed E-state index contributed by atoms with van der Waals surface area (Å²) in [7, 11) is 1.55. The number of guanidine groups is 1. The van der Waals surface area contributed by atoms with Gasteiger partial charge in [0.15, 0.2) is 5.96 Å². The van der Waals surface area contributed by atoms with Gasteiger partial charge in [-0.3, -0.25) is 9.59 Å². The first-order valence-electron chi connectivity index (χ1n) is 7.74. The highest BCUT2D eigenvalue weighted by molar-refractivity contribution is 5.94. The minimum atomic E-state index is -0.588. The summed E-state index contributed by atoms with van der Waals surface area (Å²) in [6.45, 7) is 8.32. The quantitative estimate of drug-likeness (QED) is 0.228. The molecule has 1 atom stereocenters. The maximum absolute atomic E-state index is 12.0. The fourth-order valence-corrected chi connectivity index (χ4v) is 1.78. The molecule has 0 unspecified atom stereocenters. The van der Waals surface area contributed by atoms with Crippen molar-refractivity contribution < 1.29 is 9.59 Å². The number of nitrogens with two attached hydrogens (primary N) is 2. The normalized spacial score (nSPS) is 13.9. The van der Waals surface area contributed by atoms with Gasteiger partial charge in [0.05, 0.1) is 0 Å². The summed E-state index contributed by atoms with van der Waals surface area (Å²) >= 11 is 0. The maximum atomic E-state index is 12.0. The van der Waals surface area contributed by atoms with Crippen molar-refractivity contribution in [2.45, 2.75) is 33.7 Å². The van der Waals surface area contributed by atoms with E-state index in [1.807, 2.05) is 27.7 Å². The van der Waals surface area contributed by atoms with Gasteiger partial charge in [0.25, 0.3) is 0 Å². The Bertz CT molecular complexity index is 457. The van der Waals surface area contributed by atoms with Crippen LogP contribution in [-0.2, 0) is 9.59 Å². The second-order valence-corrected chi connectivity index (χ2v) is 5.76. The Morgan fingerprint density at radius 3 is 2.26 bits per heavy atom. The van der Waals surface area contributed by atoms with Crippen molar-refractivity contribution in [1.29, 1.82) is 0 Å². The fourth-order valence-electron chi connectivity index (χ4n) is 1.78. The Morgan fingerprint density at radius 1 is 1.22 bits per heavy atom. The number of nitrogens with zero attached hydrogens (tertiary/aromatic N) is 1. The number of amides is 2. The summed E-state index contributed by atoms with van der Waals surface area (Å²) in [5.74, 6) is -0.349. The molecule has 132 valence electrons. The van der Waals surface area contributed by atoms with Gasteiger partial charge in [-0.1, -0.05) is 27.7 Å². The van der Waals surface area contributed by atoms with E-state index < -0.39 is 6.04 Å². The molecule has 2 amide bonds. The number of hydrogen-bond donors (Lipinski definition) is 5. The number of carbonyl (C=O) groups is 2. The van der Waals surface area contributed by atoms with E-state index in [0.717, 1.165) is 0 Å². The first kappa shape index (κ1) is 20.9. The van der Waals surface area contributed by atoms with Crippen LogP contribution in [0.3, 0.4) is 0 Å². The number of aliphatic imine (C=N–C) groups is 1. The van der Waals surface area contributed by atoms with E-state index in [2.05, 4.69) is 20.9 Å². The molecule has 0 saturated heterocycles. The molecule has 0 fully saturated rings. The predicted molar refractivity (Wildman–Crippen MR) is 92.4 cm³/mol. The Labute approximate surface area is 138 Å². The molecule has 0 aliphatic rings. The van der Waals surface area contributed by atoms with Crippen LogP contribution in [0.2, 0.25) is 0 Å². The van der Waals surface area contributed by atoms with Gasteiger partial charge < -0.3 is 27.4 Å². The van der Waals surface area contributed by atoms with E-state index in [-0.39, 0.29) is 29.6 Å². The van der Waals surface area contributed by atoms with Crippen LogP contribution in [0.5, 0.6) is 0 Å². The monoisotopic (exact) mass is 326 g/mol. The number of carbonyl (C=O) groups excluding carboxylic acids is 2. The lowest BCUT2D eigenvalue weighted by molar-refractivity contribution is -0.122. The van der Waals surface area contributed by atoms with Crippen molar-refractivity contribution in [1.82, 2.24) is 16.0 Å². The van der Waals surface area contributed by atoms with Crippen molar-refractivity contribution in [3.8, 4) is 0 Å². The maximum Gasteiger partial charge on any atom is 0.248 e. The van der Waals surface area contributed by atoms with Crippen molar-refractivity contribution in [3.63, 3.8) is 0 Å².